The highest BCUT2D eigenvalue weighted by Crippen LogP contribution is 2.30. The summed E-state index contributed by atoms with van der Waals surface area (Å²) in [5.41, 5.74) is 0.722. The van der Waals surface area contributed by atoms with Gasteiger partial charge in [0.1, 0.15) is 11.5 Å². The molecule has 0 saturated carbocycles. The molecule has 1 aromatic carbocycles. The van der Waals surface area contributed by atoms with E-state index in [1.165, 1.54) is 7.11 Å². The van der Waals surface area contributed by atoms with E-state index in [-0.39, 0.29) is 12.4 Å². The molecular weight excluding hydrogens is 330 g/mol. The van der Waals surface area contributed by atoms with Crippen LogP contribution in [0.4, 0.5) is 8.78 Å². The van der Waals surface area contributed by atoms with Crippen molar-refractivity contribution in [2.75, 3.05) is 20.8 Å². The predicted octanol–water partition coefficient (Wildman–Crippen LogP) is 2.30. The number of carbonyl (C=O) groups is 1. The Bertz CT molecular complexity index is 558. The molecular formula is C15H21ClF2N2O3. The molecule has 1 fully saturated rings. The molecule has 0 bridgehead atoms. The predicted molar refractivity (Wildman–Crippen MR) is 84.7 cm³/mol. The summed E-state index contributed by atoms with van der Waals surface area (Å²) >= 11 is 0. The van der Waals surface area contributed by atoms with Crippen LogP contribution in [0.3, 0.4) is 0 Å². The van der Waals surface area contributed by atoms with Gasteiger partial charge in [-0.25, -0.2) is 8.78 Å². The van der Waals surface area contributed by atoms with Crippen molar-refractivity contribution in [2.45, 2.75) is 31.4 Å². The van der Waals surface area contributed by atoms with Gasteiger partial charge in [-0.2, -0.15) is 0 Å². The molecule has 0 spiro atoms. The molecule has 0 radical (unpaired) electrons. The van der Waals surface area contributed by atoms with Gasteiger partial charge < -0.3 is 14.8 Å². The lowest BCUT2D eigenvalue weighted by molar-refractivity contribution is -0.124. The molecule has 1 saturated heterocycles. The van der Waals surface area contributed by atoms with Crippen molar-refractivity contribution in [2.24, 2.45) is 0 Å². The molecule has 2 unspecified atom stereocenters. The normalized spacial score (nSPS) is 20.3. The number of halogens is 3. The van der Waals surface area contributed by atoms with Crippen LogP contribution in [0.25, 0.3) is 0 Å². The van der Waals surface area contributed by atoms with Crippen LogP contribution < -0.4 is 20.1 Å². The van der Waals surface area contributed by atoms with Crippen LogP contribution in [0.2, 0.25) is 0 Å². The van der Waals surface area contributed by atoms with Gasteiger partial charge in [0.05, 0.1) is 32.8 Å². The first-order chi connectivity index (χ1) is 10.4. The number of hydrogen-bond donors (Lipinski definition) is 2. The van der Waals surface area contributed by atoms with E-state index in [0.29, 0.717) is 11.5 Å². The lowest BCUT2D eigenvalue weighted by Gasteiger charge is -2.20. The summed E-state index contributed by atoms with van der Waals surface area (Å²) < 4.78 is 36.7. The number of benzene rings is 1. The maximum Gasteiger partial charge on any atom is 0.262 e. The number of ether oxygens (including phenoxy) is 2. The van der Waals surface area contributed by atoms with Gasteiger partial charge in [0, 0.05) is 12.0 Å². The van der Waals surface area contributed by atoms with Gasteiger partial charge in [-0.15, -0.1) is 12.4 Å². The molecule has 5 nitrogen and oxygen atoms in total. The van der Waals surface area contributed by atoms with Gasteiger partial charge in [-0.3, -0.25) is 10.1 Å². The van der Waals surface area contributed by atoms with Crippen molar-refractivity contribution < 1.29 is 23.0 Å². The number of rotatable bonds is 5. The average Bonchev–Trinajstić information content (AvgIpc) is 2.86. The van der Waals surface area contributed by atoms with Gasteiger partial charge in [-0.05, 0) is 25.1 Å². The molecule has 1 aromatic rings. The van der Waals surface area contributed by atoms with Gasteiger partial charge in [0.15, 0.2) is 0 Å². The monoisotopic (exact) mass is 350 g/mol. The minimum atomic E-state index is -2.83. The highest BCUT2D eigenvalue weighted by molar-refractivity contribution is 5.85. The summed E-state index contributed by atoms with van der Waals surface area (Å²) in [5, 5.41) is 5.27. The summed E-state index contributed by atoms with van der Waals surface area (Å²) in [7, 11) is 3.07. The first-order valence-electron chi connectivity index (χ1n) is 7.00. The van der Waals surface area contributed by atoms with E-state index in [2.05, 4.69) is 10.6 Å². The maximum atomic E-state index is 13.2. The van der Waals surface area contributed by atoms with Gasteiger partial charge in [-0.1, -0.05) is 0 Å². The smallest absolute Gasteiger partial charge is 0.262 e. The quantitative estimate of drug-likeness (QED) is 0.855. The third-order valence-corrected chi connectivity index (χ3v) is 3.69. The second-order valence-corrected chi connectivity index (χ2v) is 5.33. The largest absolute Gasteiger partial charge is 0.497 e. The van der Waals surface area contributed by atoms with Crippen molar-refractivity contribution in [3.63, 3.8) is 0 Å². The van der Waals surface area contributed by atoms with Crippen LogP contribution in [0.15, 0.2) is 18.2 Å². The van der Waals surface area contributed by atoms with Crippen LogP contribution in [-0.2, 0) is 4.79 Å². The van der Waals surface area contributed by atoms with Crippen LogP contribution in [-0.4, -0.2) is 38.6 Å². The summed E-state index contributed by atoms with van der Waals surface area (Å²) in [6, 6.07) is 3.96. The maximum absolute atomic E-state index is 13.2. The molecule has 0 aromatic heterocycles. The van der Waals surface area contributed by atoms with Crippen LogP contribution in [0.5, 0.6) is 11.5 Å². The lowest BCUT2D eigenvalue weighted by Crippen LogP contribution is -2.41. The Balaban J connectivity index is 0.00000264. The Morgan fingerprint density at radius 2 is 2.09 bits per heavy atom. The number of alkyl halides is 2. The average molecular weight is 351 g/mol. The van der Waals surface area contributed by atoms with Gasteiger partial charge in [0.2, 0.25) is 5.91 Å². The lowest BCUT2D eigenvalue weighted by atomic mass is 10.1. The SMILES string of the molecule is COc1ccc(OC)c(C(C)NC(=O)C2CC(F)(F)CN2)c1.Cl. The molecule has 2 N–H and O–H groups in total. The van der Waals surface area contributed by atoms with Gasteiger partial charge in [0.25, 0.3) is 5.92 Å². The first kappa shape index (κ1) is 19.4. The third-order valence-electron chi connectivity index (χ3n) is 3.69. The summed E-state index contributed by atoms with van der Waals surface area (Å²) in [6.45, 7) is 1.30. The molecule has 1 aliphatic heterocycles. The summed E-state index contributed by atoms with van der Waals surface area (Å²) in [4.78, 5) is 12.1. The van der Waals surface area contributed by atoms with Crippen molar-refractivity contribution >= 4 is 18.3 Å². The van der Waals surface area contributed by atoms with Crippen molar-refractivity contribution in [3.8, 4) is 11.5 Å². The van der Waals surface area contributed by atoms with E-state index in [9.17, 15) is 13.6 Å². The fourth-order valence-corrected chi connectivity index (χ4v) is 2.47. The molecule has 1 amide bonds. The summed E-state index contributed by atoms with van der Waals surface area (Å²) in [6.07, 6.45) is -0.485. The number of hydrogen-bond acceptors (Lipinski definition) is 4. The van der Waals surface area contributed by atoms with Crippen LogP contribution >= 0.6 is 12.4 Å². The minimum Gasteiger partial charge on any atom is -0.497 e. The van der Waals surface area contributed by atoms with E-state index in [1.807, 2.05) is 0 Å². The standard InChI is InChI=1S/C15H20F2N2O3.ClH/c1-9(11-6-10(21-2)4-5-13(11)22-3)19-14(20)12-7-15(16,17)8-18-12;/h4-6,9,12,18H,7-8H2,1-3H3,(H,19,20);1H. The number of nitrogens with one attached hydrogen (secondary N) is 2. The Morgan fingerprint density at radius 1 is 1.39 bits per heavy atom. The van der Waals surface area contributed by atoms with Crippen LogP contribution in [0.1, 0.15) is 24.9 Å². The zero-order valence-electron chi connectivity index (χ0n) is 13.2. The topological polar surface area (TPSA) is 59.6 Å². The van der Waals surface area contributed by atoms with Crippen molar-refractivity contribution in [1.82, 2.24) is 10.6 Å². The van der Waals surface area contributed by atoms with E-state index < -0.39 is 36.9 Å². The zero-order chi connectivity index (χ0) is 16.3. The first-order valence-corrected chi connectivity index (χ1v) is 7.00. The van der Waals surface area contributed by atoms with E-state index in [1.54, 1.807) is 32.2 Å². The molecule has 1 aliphatic rings. The third kappa shape index (κ3) is 4.68. The molecule has 0 aliphatic carbocycles. The fourth-order valence-electron chi connectivity index (χ4n) is 2.47. The Labute approximate surface area is 140 Å². The minimum absolute atomic E-state index is 0. The molecule has 1 heterocycles. The zero-order valence-corrected chi connectivity index (χ0v) is 14.0. The number of carbonyl (C=O) groups excluding carboxylic acids is 1. The van der Waals surface area contributed by atoms with E-state index >= 15 is 0 Å². The molecule has 130 valence electrons. The second-order valence-electron chi connectivity index (χ2n) is 5.33. The highest BCUT2D eigenvalue weighted by Gasteiger charge is 2.42. The van der Waals surface area contributed by atoms with Crippen LogP contribution in [0, 0.1) is 0 Å². The fraction of sp³-hybridized carbons (Fsp3) is 0.533. The Morgan fingerprint density at radius 3 is 2.61 bits per heavy atom. The van der Waals surface area contributed by atoms with E-state index in [0.717, 1.165) is 5.56 Å². The number of amides is 1. The van der Waals surface area contributed by atoms with Crippen molar-refractivity contribution in [1.29, 1.82) is 0 Å². The highest BCUT2D eigenvalue weighted by atomic mass is 35.5. The molecule has 23 heavy (non-hydrogen) atoms. The van der Waals surface area contributed by atoms with Gasteiger partial charge >= 0.3 is 0 Å². The Hall–Kier alpha value is -1.60. The summed E-state index contributed by atoms with van der Waals surface area (Å²) in [5.74, 6) is -2.06. The molecule has 8 heteroatoms. The van der Waals surface area contributed by atoms with E-state index in [4.69, 9.17) is 9.47 Å². The molecule has 2 rings (SSSR count). The second kappa shape index (κ2) is 7.79. The number of methoxy groups -OCH3 is 2. The molecule has 2 atom stereocenters. The van der Waals surface area contributed by atoms with Crippen molar-refractivity contribution in [3.05, 3.63) is 23.8 Å². The Kier molecular flexibility index (Phi) is 6.58.